The van der Waals surface area contributed by atoms with Gasteiger partial charge in [0.2, 0.25) is 0 Å². The first-order chi connectivity index (χ1) is 14.9. The van der Waals surface area contributed by atoms with Crippen molar-refractivity contribution in [1.29, 1.82) is 0 Å². The fraction of sp³-hybridized carbons (Fsp3) is 0.0952. The van der Waals surface area contributed by atoms with E-state index in [1.807, 2.05) is 0 Å². The Hall–Kier alpha value is -3.49. The van der Waals surface area contributed by atoms with E-state index in [1.54, 1.807) is 48.5 Å². The molecule has 0 unspecified atom stereocenters. The molecule has 4 amide bonds. The van der Waals surface area contributed by atoms with Gasteiger partial charge in [0.25, 0.3) is 11.8 Å². The van der Waals surface area contributed by atoms with Gasteiger partial charge in [0, 0.05) is 30.0 Å². The molecule has 3 aromatic rings. The number of hydrogen-bond acceptors (Lipinski definition) is 4. The van der Waals surface area contributed by atoms with Gasteiger partial charge in [0.05, 0.1) is 16.3 Å². The molecule has 0 radical (unpaired) electrons. The van der Waals surface area contributed by atoms with Crippen molar-refractivity contribution in [3.63, 3.8) is 0 Å². The first-order valence-electron chi connectivity index (χ1n) is 9.15. The van der Waals surface area contributed by atoms with E-state index in [2.05, 4.69) is 21.3 Å². The van der Waals surface area contributed by atoms with E-state index in [0.717, 1.165) is 0 Å². The molecule has 160 valence electrons. The molecular formula is C21H18Cl2N4O4. The fourth-order valence-electron chi connectivity index (χ4n) is 2.52. The number of nitrogens with one attached hydrogen (secondary N) is 4. The summed E-state index contributed by atoms with van der Waals surface area (Å²) in [4.78, 5) is 36.0. The zero-order valence-electron chi connectivity index (χ0n) is 16.1. The van der Waals surface area contributed by atoms with Crippen LogP contribution in [0.15, 0.2) is 65.3 Å². The van der Waals surface area contributed by atoms with Gasteiger partial charge in [-0.15, -0.1) is 0 Å². The van der Waals surface area contributed by atoms with Gasteiger partial charge in [-0.05, 0) is 54.6 Å². The molecule has 0 aliphatic rings. The lowest BCUT2D eigenvalue weighted by Crippen LogP contribution is -2.34. The number of urea groups is 1. The van der Waals surface area contributed by atoms with Gasteiger partial charge < -0.3 is 25.7 Å². The summed E-state index contributed by atoms with van der Waals surface area (Å²) in [5.74, 6) is -0.453. The number of hydrogen-bond donors (Lipinski definition) is 4. The minimum atomic E-state index is -0.470. The third-order valence-electron chi connectivity index (χ3n) is 4.02. The lowest BCUT2D eigenvalue weighted by atomic mass is 10.2. The molecule has 2 aromatic carbocycles. The van der Waals surface area contributed by atoms with Crippen molar-refractivity contribution < 1.29 is 18.8 Å². The minimum Gasteiger partial charge on any atom is -0.459 e. The van der Waals surface area contributed by atoms with Crippen molar-refractivity contribution in [2.75, 3.05) is 23.7 Å². The molecule has 31 heavy (non-hydrogen) atoms. The first-order valence-corrected chi connectivity index (χ1v) is 9.91. The quantitative estimate of drug-likeness (QED) is 0.391. The molecule has 0 aliphatic carbocycles. The largest absolute Gasteiger partial charge is 0.459 e. The molecule has 0 spiro atoms. The van der Waals surface area contributed by atoms with Crippen molar-refractivity contribution in [3.8, 4) is 0 Å². The normalized spacial score (nSPS) is 10.3. The van der Waals surface area contributed by atoms with Crippen LogP contribution in [0.3, 0.4) is 0 Å². The zero-order chi connectivity index (χ0) is 22.2. The summed E-state index contributed by atoms with van der Waals surface area (Å²) in [7, 11) is 0. The molecule has 1 aromatic heterocycles. The maximum Gasteiger partial charge on any atom is 0.323 e. The molecule has 4 N–H and O–H groups in total. The standard InChI is InChI=1S/C21H18Cl2N4O4/c22-16-8-7-15(12-17(16)23)27-21(30)26-14-5-3-13(4-6-14)19(28)24-9-10-25-20(29)18-2-1-11-31-18/h1-8,11-12H,9-10H2,(H,24,28)(H,25,29)(H2,26,27,30). The summed E-state index contributed by atoms with van der Waals surface area (Å²) in [5.41, 5.74) is 1.40. The van der Waals surface area contributed by atoms with Crippen LogP contribution in [0.5, 0.6) is 0 Å². The highest BCUT2D eigenvalue weighted by Crippen LogP contribution is 2.25. The topological polar surface area (TPSA) is 112 Å². The van der Waals surface area contributed by atoms with Crippen LogP contribution >= 0.6 is 23.2 Å². The van der Waals surface area contributed by atoms with Crippen molar-refractivity contribution in [1.82, 2.24) is 10.6 Å². The van der Waals surface area contributed by atoms with Crippen LogP contribution in [0.25, 0.3) is 0 Å². The Labute approximate surface area is 187 Å². The van der Waals surface area contributed by atoms with Gasteiger partial charge in [-0.25, -0.2) is 4.79 Å². The first kappa shape index (κ1) is 22.2. The second-order valence-electron chi connectivity index (χ2n) is 6.27. The molecule has 0 atom stereocenters. The molecular weight excluding hydrogens is 443 g/mol. The van der Waals surface area contributed by atoms with Crippen LogP contribution < -0.4 is 21.3 Å². The number of furan rings is 1. The van der Waals surface area contributed by atoms with Crippen LogP contribution in [0.4, 0.5) is 16.2 Å². The van der Waals surface area contributed by atoms with Crippen LogP contribution in [0.1, 0.15) is 20.9 Å². The van der Waals surface area contributed by atoms with Crippen molar-refractivity contribution in [2.45, 2.75) is 0 Å². The Kier molecular flexibility index (Phi) is 7.53. The number of carbonyl (C=O) groups excluding carboxylic acids is 3. The van der Waals surface area contributed by atoms with Gasteiger partial charge in [-0.2, -0.15) is 0 Å². The summed E-state index contributed by atoms with van der Waals surface area (Å²) < 4.78 is 4.98. The summed E-state index contributed by atoms with van der Waals surface area (Å²) in [6.45, 7) is 0.497. The van der Waals surface area contributed by atoms with Crippen molar-refractivity contribution in [2.24, 2.45) is 0 Å². The fourth-order valence-corrected chi connectivity index (χ4v) is 2.82. The Balaban J connectivity index is 1.43. The number of anilines is 2. The van der Waals surface area contributed by atoms with E-state index in [1.165, 1.54) is 12.3 Å². The van der Waals surface area contributed by atoms with Crippen LogP contribution in [0, 0.1) is 0 Å². The monoisotopic (exact) mass is 460 g/mol. The Morgan fingerprint density at radius 2 is 1.42 bits per heavy atom. The minimum absolute atomic E-state index is 0.206. The predicted molar refractivity (Wildman–Crippen MR) is 119 cm³/mol. The molecule has 3 rings (SSSR count). The summed E-state index contributed by atoms with van der Waals surface area (Å²) in [5, 5.41) is 11.3. The number of rotatable bonds is 7. The number of amides is 4. The SMILES string of the molecule is O=C(Nc1ccc(C(=O)NCCNC(=O)c2ccco2)cc1)Nc1ccc(Cl)c(Cl)c1. The average Bonchev–Trinajstić information content (AvgIpc) is 3.29. The van der Waals surface area contributed by atoms with E-state index in [9.17, 15) is 14.4 Å². The zero-order valence-corrected chi connectivity index (χ0v) is 17.6. The molecule has 10 heteroatoms. The number of halogens is 2. The molecule has 0 saturated carbocycles. The highest BCUT2D eigenvalue weighted by molar-refractivity contribution is 6.42. The maximum atomic E-state index is 12.2. The average molecular weight is 461 g/mol. The smallest absolute Gasteiger partial charge is 0.323 e. The molecule has 0 saturated heterocycles. The number of carbonyl (C=O) groups is 3. The Morgan fingerprint density at radius 1 is 0.774 bits per heavy atom. The highest BCUT2D eigenvalue weighted by atomic mass is 35.5. The lowest BCUT2D eigenvalue weighted by molar-refractivity contribution is 0.0910. The van der Waals surface area contributed by atoms with E-state index >= 15 is 0 Å². The van der Waals surface area contributed by atoms with Gasteiger partial charge in [0.15, 0.2) is 5.76 Å². The summed E-state index contributed by atoms with van der Waals surface area (Å²) >= 11 is 11.8. The van der Waals surface area contributed by atoms with Crippen LogP contribution in [-0.2, 0) is 0 Å². The summed E-state index contributed by atoms with van der Waals surface area (Å²) in [6, 6.07) is 13.8. The second-order valence-corrected chi connectivity index (χ2v) is 7.09. The molecule has 1 heterocycles. The number of benzene rings is 2. The summed E-state index contributed by atoms with van der Waals surface area (Å²) in [6.07, 6.45) is 1.41. The van der Waals surface area contributed by atoms with Gasteiger partial charge >= 0.3 is 6.03 Å². The maximum absolute atomic E-state index is 12.2. The van der Waals surface area contributed by atoms with Crippen LogP contribution in [0.2, 0.25) is 10.0 Å². The van der Waals surface area contributed by atoms with E-state index in [-0.39, 0.29) is 30.7 Å². The van der Waals surface area contributed by atoms with E-state index in [0.29, 0.717) is 27.0 Å². The third-order valence-corrected chi connectivity index (χ3v) is 4.76. The molecule has 8 nitrogen and oxygen atoms in total. The van der Waals surface area contributed by atoms with Gasteiger partial charge in [0.1, 0.15) is 0 Å². The molecule has 0 aliphatic heterocycles. The molecule has 0 fully saturated rings. The van der Waals surface area contributed by atoms with Crippen LogP contribution in [-0.4, -0.2) is 30.9 Å². The predicted octanol–water partition coefficient (Wildman–Crippen LogP) is 4.39. The van der Waals surface area contributed by atoms with Gasteiger partial charge in [-0.1, -0.05) is 23.2 Å². The van der Waals surface area contributed by atoms with Crippen molar-refractivity contribution in [3.05, 3.63) is 82.2 Å². The second kappa shape index (κ2) is 10.5. The Morgan fingerprint density at radius 3 is 2.06 bits per heavy atom. The Bertz CT molecular complexity index is 1070. The van der Waals surface area contributed by atoms with E-state index < -0.39 is 6.03 Å². The van der Waals surface area contributed by atoms with Crippen molar-refractivity contribution >= 4 is 52.4 Å². The molecule has 0 bridgehead atoms. The van der Waals surface area contributed by atoms with E-state index in [4.69, 9.17) is 27.6 Å². The lowest BCUT2D eigenvalue weighted by Gasteiger charge is -2.09. The highest BCUT2D eigenvalue weighted by Gasteiger charge is 2.09. The third kappa shape index (κ3) is 6.50. The van der Waals surface area contributed by atoms with Gasteiger partial charge in [-0.3, -0.25) is 9.59 Å².